The molecule has 0 amide bonds. The van der Waals surface area contributed by atoms with Crippen molar-refractivity contribution >= 4 is 0 Å². The lowest BCUT2D eigenvalue weighted by Crippen LogP contribution is -2.54. The van der Waals surface area contributed by atoms with Gasteiger partial charge in [-0.3, -0.25) is 0 Å². The average molecular weight is 451 g/mol. The van der Waals surface area contributed by atoms with Crippen molar-refractivity contribution in [2.75, 3.05) is 0 Å². The second-order valence-electron chi connectivity index (χ2n) is 13.4. The molecule has 1 aromatic carbocycles. The number of rotatable bonds is 0. The smallest absolute Gasteiger partial charge is 0.0243 e. The summed E-state index contributed by atoms with van der Waals surface area (Å²) in [5.41, 5.74) is 4.66. The zero-order chi connectivity index (χ0) is 24.4. The van der Waals surface area contributed by atoms with Gasteiger partial charge in [0.05, 0.1) is 0 Å². The zero-order valence-corrected chi connectivity index (χ0v) is 23.3. The molecule has 0 spiro atoms. The summed E-state index contributed by atoms with van der Waals surface area (Å²) < 4.78 is 0. The third-order valence-corrected chi connectivity index (χ3v) is 11.4. The fourth-order valence-electron chi connectivity index (χ4n) is 8.63. The minimum absolute atomic E-state index is 0.585. The molecule has 186 valence electrons. The first kappa shape index (κ1) is 26.6. The third kappa shape index (κ3) is 5.01. The van der Waals surface area contributed by atoms with Crippen molar-refractivity contribution in [3.8, 4) is 0 Å². The highest BCUT2D eigenvalue weighted by Gasteiger charge is 2.61. The summed E-state index contributed by atoms with van der Waals surface area (Å²) >= 11 is 0. The number of benzene rings is 1. The van der Waals surface area contributed by atoms with Gasteiger partial charge in [0.2, 0.25) is 0 Å². The van der Waals surface area contributed by atoms with E-state index in [-0.39, 0.29) is 0 Å². The van der Waals surface area contributed by atoms with Gasteiger partial charge >= 0.3 is 0 Å². The predicted molar refractivity (Wildman–Crippen MR) is 146 cm³/mol. The lowest BCUT2D eigenvalue weighted by atomic mass is 9.43. The van der Waals surface area contributed by atoms with Gasteiger partial charge in [0, 0.05) is 0 Å². The fourth-order valence-corrected chi connectivity index (χ4v) is 8.63. The van der Waals surface area contributed by atoms with Crippen molar-refractivity contribution in [3.05, 3.63) is 48.0 Å². The van der Waals surface area contributed by atoms with Crippen LogP contribution in [0.1, 0.15) is 110 Å². The van der Waals surface area contributed by atoms with Crippen molar-refractivity contribution in [2.45, 2.75) is 113 Å². The Hall–Kier alpha value is -1.04. The molecular formula is C33H54. The topological polar surface area (TPSA) is 0 Å². The van der Waals surface area contributed by atoms with Crippen LogP contribution in [0.4, 0.5) is 0 Å². The molecule has 0 heterocycles. The molecule has 0 aromatic heterocycles. The van der Waals surface area contributed by atoms with Crippen molar-refractivity contribution in [3.63, 3.8) is 0 Å². The third-order valence-electron chi connectivity index (χ3n) is 11.4. The van der Waals surface area contributed by atoms with E-state index in [0.29, 0.717) is 16.2 Å². The Bertz CT molecular complexity index is 766. The molecule has 5 rings (SSSR count). The molecule has 0 saturated heterocycles. The van der Waals surface area contributed by atoms with E-state index >= 15 is 0 Å². The quantitative estimate of drug-likeness (QED) is 0.345. The van der Waals surface area contributed by atoms with Crippen molar-refractivity contribution in [1.29, 1.82) is 0 Å². The molecule has 4 saturated carbocycles. The molecule has 0 heteroatoms. The molecule has 7 atom stereocenters. The maximum atomic E-state index is 3.36. The summed E-state index contributed by atoms with van der Waals surface area (Å²) in [5, 5.41) is 0. The summed E-state index contributed by atoms with van der Waals surface area (Å²) in [5.74, 6) is 5.21. The summed E-state index contributed by atoms with van der Waals surface area (Å²) in [6.45, 7) is 22.5. The average Bonchev–Trinajstić information content (AvgIpc) is 3.01. The van der Waals surface area contributed by atoms with E-state index < -0.39 is 0 Å². The number of allylic oxidation sites excluding steroid dienone is 1. The Morgan fingerprint density at radius 2 is 1.39 bits per heavy atom. The van der Waals surface area contributed by atoms with Gasteiger partial charge in [-0.05, 0) is 129 Å². The van der Waals surface area contributed by atoms with Crippen molar-refractivity contribution < 1.29 is 0 Å². The molecule has 4 fully saturated rings. The van der Waals surface area contributed by atoms with Gasteiger partial charge in [0.25, 0.3) is 0 Å². The summed E-state index contributed by atoms with van der Waals surface area (Å²) in [6.07, 6.45) is 15.5. The summed E-state index contributed by atoms with van der Waals surface area (Å²) in [4.78, 5) is 0. The number of hydrogen-bond donors (Lipinski definition) is 0. The fraction of sp³-hybridized carbons (Fsp3) is 0.758. The largest absolute Gasteiger partial charge is 0.103 e. The summed E-state index contributed by atoms with van der Waals surface area (Å²) in [7, 11) is 0. The van der Waals surface area contributed by atoms with E-state index in [1.54, 1.807) is 25.3 Å². The van der Waals surface area contributed by atoms with Crippen LogP contribution in [0.3, 0.4) is 0 Å². The molecule has 4 aliphatic rings. The van der Waals surface area contributed by atoms with Crippen molar-refractivity contribution in [2.24, 2.45) is 45.8 Å². The normalized spacial score (nSPS) is 40.5. The lowest BCUT2D eigenvalue weighted by molar-refractivity contribution is -0.126. The van der Waals surface area contributed by atoms with Crippen LogP contribution in [0.5, 0.6) is 0 Å². The van der Waals surface area contributed by atoms with Crippen LogP contribution in [-0.2, 0) is 0 Å². The zero-order valence-electron chi connectivity index (χ0n) is 23.3. The van der Waals surface area contributed by atoms with E-state index in [1.165, 1.54) is 49.7 Å². The van der Waals surface area contributed by atoms with E-state index in [9.17, 15) is 0 Å². The van der Waals surface area contributed by atoms with E-state index in [2.05, 4.69) is 79.3 Å². The first-order chi connectivity index (χ1) is 15.5. The maximum Gasteiger partial charge on any atom is -0.0243 e. The highest BCUT2D eigenvalue weighted by molar-refractivity contribution is 5.23. The molecule has 0 radical (unpaired) electrons. The van der Waals surface area contributed by atoms with Gasteiger partial charge in [0.1, 0.15) is 0 Å². The minimum atomic E-state index is 0.585. The Kier molecular flexibility index (Phi) is 8.29. The number of fused-ring (bicyclic) bond motifs is 5. The van der Waals surface area contributed by atoms with Crippen molar-refractivity contribution in [1.82, 2.24) is 0 Å². The molecule has 1 aromatic rings. The highest BCUT2D eigenvalue weighted by Crippen LogP contribution is 2.70. The molecule has 0 N–H and O–H groups in total. The van der Waals surface area contributed by atoms with Gasteiger partial charge in [-0.1, -0.05) is 71.4 Å². The lowest BCUT2D eigenvalue weighted by Gasteiger charge is -2.62. The van der Waals surface area contributed by atoms with Crippen LogP contribution >= 0.6 is 0 Å². The molecule has 4 aliphatic carbocycles. The second kappa shape index (κ2) is 10.3. The van der Waals surface area contributed by atoms with E-state index in [4.69, 9.17) is 0 Å². The Balaban J connectivity index is 0.000000233. The van der Waals surface area contributed by atoms with Crippen LogP contribution in [0, 0.1) is 59.7 Å². The van der Waals surface area contributed by atoms with E-state index in [0.717, 1.165) is 29.6 Å². The number of hydrogen-bond acceptors (Lipinski definition) is 0. The number of aryl methyl sites for hydroxylation is 2. The van der Waals surface area contributed by atoms with Crippen LogP contribution < -0.4 is 0 Å². The first-order valence-corrected chi connectivity index (χ1v) is 14.1. The van der Waals surface area contributed by atoms with Gasteiger partial charge in [0.15, 0.2) is 0 Å². The molecule has 33 heavy (non-hydrogen) atoms. The Labute approximate surface area is 207 Å². The molecule has 6 unspecified atom stereocenters. The Morgan fingerprint density at radius 3 is 1.97 bits per heavy atom. The molecule has 0 bridgehead atoms. The monoisotopic (exact) mass is 450 g/mol. The van der Waals surface area contributed by atoms with Gasteiger partial charge < -0.3 is 0 Å². The highest BCUT2D eigenvalue weighted by atomic mass is 14.7. The minimum Gasteiger partial charge on any atom is -0.103 e. The SMILES string of the molecule is C=CC.CC1CCC2(C)C3CCC4(C)C(CCC4(C)C)C3CC[C@@H]2C1.Cc1ccccc1C. The first-order valence-electron chi connectivity index (χ1n) is 14.1. The summed E-state index contributed by atoms with van der Waals surface area (Å²) in [6, 6.07) is 8.36. The predicted octanol–water partition coefficient (Wildman–Crippen LogP) is 10.2. The van der Waals surface area contributed by atoms with Gasteiger partial charge in [-0.25, -0.2) is 0 Å². The van der Waals surface area contributed by atoms with Crippen LogP contribution in [0.25, 0.3) is 0 Å². The molecular weight excluding hydrogens is 396 g/mol. The van der Waals surface area contributed by atoms with Gasteiger partial charge in [-0.15, -0.1) is 6.58 Å². The standard InChI is InChI=1S/C22H38.C8H10.C3H6/c1-15-8-12-21(4)16(14-15)6-7-17-18(21)10-13-22(5)19(17)9-11-20(22,2)3;1-7-5-3-4-6-8(7)2;1-3-2/h15-19H,6-14H2,1-5H3;3-6H,1-2H3;3H,1H2,2H3/t15?,16-,17?,18?,19?,21?,22?;;/m1../s1. The van der Waals surface area contributed by atoms with E-state index in [1.807, 2.05) is 6.92 Å². The van der Waals surface area contributed by atoms with Crippen LogP contribution in [0.15, 0.2) is 36.9 Å². The maximum absolute atomic E-state index is 3.36. The second-order valence-corrected chi connectivity index (χ2v) is 13.4. The van der Waals surface area contributed by atoms with Crippen LogP contribution in [0.2, 0.25) is 0 Å². The van der Waals surface area contributed by atoms with Crippen LogP contribution in [-0.4, -0.2) is 0 Å². The molecule has 0 nitrogen and oxygen atoms in total. The van der Waals surface area contributed by atoms with Gasteiger partial charge in [-0.2, -0.15) is 0 Å². The molecule has 0 aliphatic heterocycles. The Morgan fingerprint density at radius 1 is 0.818 bits per heavy atom.